The van der Waals surface area contributed by atoms with Crippen LogP contribution in [0.1, 0.15) is 19.4 Å². The van der Waals surface area contributed by atoms with Crippen LogP contribution in [0.5, 0.6) is 0 Å². The molecular formula is C17H29N5O. The Morgan fingerprint density at radius 2 is 2.22 bits per heavy atom. The lowest BCUT2D eigenvalue weighted by atomic mass is 10.2. The second-order valence-corrected chi connectivity index (χ2v) is 5.76. The summed E-state index contributed by atoms with van der Waals surface area (Å²) in [6, 6.07) is 4.51. The van der Waals surface area contributed by atoms with E-state index in [0.29, 0.717) is 6.04 Å². The number of hydrogen-bond acceptors (Lipinski definition) is 4. The standard InChI is InChI=1S/C17H29N5O/c1-3-19-17(20-8-6-16-5-4-7-18-14-16)21-13-15(2)22-9-11-23-12-10-22/h4-5,7,14-15H,3,6,8-13H2,1-2H3,(H2,19,20,21). The normalized spacial score (nSPS) is 17.7. The fourth-order valence-corrected chi connectivity index (χ4v) is 2.57. The highest BCUT2D eigenvalue weighted by Gasteiger charge is 2.16. The number of hydrogen-bond donors (Lipinski definition) is 2. The van der Waals surface area contributed by atoms with E-state index in [2.05, 4.69) is 40.4 Å². The van der Waals surface area contributed by atoms with E-state index < -0.39 is 0 Å². The summed E-state index contributed by atoms with van der Waals surface area (Å²) in [7, 11) is 0. The van der Waals surface area contributed by atoms with Gasteiger partial charge in [-0.25, -0.2) is 0 Å². The number of aliphatic imine (C=N–C) groups is 1. The summed E-state index contributed by atoms with van der Waals surface area (Å²) in [6.07, 6.45) is 4.65. The smallest absolute Gasteiger partial charge is 0.191 e. The predicted octanol–water partition coefficient (Wildman–Crippen LogP) is 0.900. The molecule has 6 heteroatoms. The van der Waals surface area contributed by atoms with Gasteiger partial charge in [0.15, 0.2) is 5.96 Å². The Balaban J connectivity index is 1.77. The molecule has 0 bridgehead atoms. The van der Waals surface area contributed by atoms with E-state index in [0.717, 1.165) is 58.3 Å². The van der Waals surface area contributed by atoms with Crippen LogP contribution in [0, 0.1) is 0 Å². The SMILES string of the molecule is CCNC(=NCC(C)N1CCOCC1)NCCc1cccnc1. The minimum atomic E-state index is 0.438. The first-order chi connectivity index (χ1) is 11.3. The molecule has 1 aliphatic rings. The van der Waals surface area contributed by atoms with Crippen LogP contribution in [-0.2, 0) is 11.2 Å². The third-order valence-corrected chi connectivity index (χ3v) is 3.96. The lowest BCUT2D eigenvalue weighted by Crippen LogP contribution is -2.44. The maximum atomic E-state index is 5.40. The molecule has 1 atom stereocenters. The van der Waals surface area contributed by atoms with E-state index in [1.54, 1.807) is 6.20 Å². The van der Waals surface area contributed by atoms with Crippen molar-refractivity contribution in [3.8, 4) is 0 Å². The van der Waals surface area contributed by atoms with Gasteiger partial charge < -0.3 is 15.4 Å². The van der Waals surface area contributed by atoms with Crippen molar-refractivity contribution in [1.29, 1.82) is 0 Å². The Hall–Kier alpha value is -1.66. The summed E-state index contributed by atoms with van der Waals surface area (Å²) >= 11 is 0. The number of nitrogens with one attached hydrogen (secondary N) is 2. The molecule has 1 aromatic heterocycles. The molecule has 23 heavy (non-hydrogen) atoms. The van der Waals surface area contributed by atoms with Crippen LogP contribution in [0.25, 0.3) is 0 Å². The van der Waals surface area contributed by atoms with Crippen molar-refractivity contribution < 1.29 is 4.74 Å². The van der Waals surface area contributed by atoms with Gasteiger partial charge in [-0.1, -0.05) is 6.07 Å². The molecular weight excluding hydrogens is 290 g/mol. The van der Waals surface area contributed by atoms with Gasteiger partial charge in [-0.2, -0.15) is 0 Å². The van der Waals surface area contributed by atoms with Gasteiger partial charge in [0.2, 0.25) is 0 Å². The molecule has 0 radical (unpaired) electrons. The van der Waals surface area contributed by atoms with Gasteiger partial charge in [0.1, 0.15) is 0 Å². The number of rotatable bonds is 7. The second-order valence-electron chi connectivity index (χ2n) is 5.76. The fraction of sp³-hybridized carbons (Fsp3) is 0.647. The highest BCUT2D eigenvalue weighted by atomic mass is 16.5. The number of morpholine rings is 1. The molecule has 0 aromatic carbocycles. The Kier molecular flexibility index (Phi) is 7.83. The number of aromatic nitrogens is 1. The summed E-state index contributed by atoms with van der Waals surface area (Å²) in [6.45, 7) is 10.5. The lowest BCUT2D eigenvalue weighted by molar-refractivity contribution is 0.0220. The van der Waals surface area contributed by atoms with Gasteiger partial charge in [-0.15, -0.1) is 0 Å². The highest BCUT2D eigenvalue weighted by Crippen LogP contribution is 2.03. The molecule has 2 rings (SSSR count). The topological polar surface area (TPSA) is 61.8 Å². The zero-order valence-corrected chi connectivity index (χ0v) is 14.3. The summed E-state index contributed by atoms with van der Waals surface area (Å²) in [4.78, 5) is 11.3. The van der Waals surface area contributed by atoms with Crippen molar-refractivity contribution >= 4 is 5.96 Å². The minimum absolute atomic E-state index is 0.438. The van der Waals surface area contributed by atoms with Crippen LogP contribution in [0.2, 0.25) is 0 Å². The Morgan fingerprint density at radius 1 is 1.39 bits per heavy atom. The Bertz CT molecular complexity index is 459. The van der Waals surface area contributed by atoms with Crippen LogP contribution in [0.4, 0.5) is 0 Å². The molecule has 1 unspecified atom stereocenters. The third kappa shape index (κ3) is 6.54. The molecule has 0 amide bonds. The Morgan fingerprint density at radius 3 is 2.91 bits per heavy atom. The third-order valence-electron chi connectivity index (χ3n) is 3.96. The maximum Gasteiger partial charge on any atom is 0.191 e. The van der Waals surface area contributed by atoms with Crippen LogP contribution in [0.15, 0.2) is 29.5 Å². The number of guanidine groups is 1. The highest BCUT2D eigenvalue weighted by molar-refractivity contribution is 5.79. The maximum absolute atomic E-state index is 5.40. The summed E-state index contributed by atoms with van der Waals surface area (Å²) < 4.78 is 5.40. The van der Waals surface area contributed by atoms with Crippen molar-refractivity contribution in [1.82, 2.24) is 20.5 Å². The van der Waals surface area contributed by atoms with Gasteiger partial charge in [0.25, 0.3) is 0 Å². The summed E-state index contributed by atoms with van der Waals surface area (Å²) in [5.41, 5.74) is 1.23. The van der Waals surface area contributed by atoms with Gasteiger partial charge in [0, 0.05) is 44.6 Å². The Labute approximate surface area is 139 Å². The first kappa shape index (κ1) is 17.7. The van der Waals surface area contributed by atoms with Crippen molar-refractivity contribution in [2.75, 3.05) is 45.9 Å². The van der Waals surface area contributed by atoms with E-state index in [9.17, 15) is 0 Å². The van der Waals surface area contributed by atoms with Crippen molar-refractivity contribution in [3.63, 3.8) is 0 Å². The van der Waals surface area contributed by atoms with E-state index >= 15 is 0 Å². The average molecular weight is 319 g/mol. The number of pyridine rings is 1. The molecule has 1 aromatic rings. The first-order valence-corrected chi connectivity index (χ1v) is 8.52. The molecule has 1 aliphatic heterocycles. The van der Waals surface area contributed by atoms with Gasteiger partial charge in [-0.3, -0.25) is 14.9 Å². The molecule has 2 N–H and O–H groups in total. The van der Waals surface area contributed by atoms with Crippen LogP contribution in [0.3, 0.4) is 0 Å². The predicted molar refractivity (Wildman–Crippen MR) is 93.8 cm³/mol. The second kappa shape index (κ2) is 10.2. The summed E-state index contributed by atoms with van der Waals surface area (Å²) in [5.74, 6) is 0.886. The molecule has 1 saturated heterocycles. The van der Waals surface area contributed by atoms with E-state index in [4.69, 9.17) is 9.73 Å². The van der Waals surface area contributed by atoms with E-state index in [1.165, 1.54) is 5.56 Å². The first-order valence-electron chi connectivity index (χ1n) is 8.52. The molecule has 0 spiro atoms. The number of nitrogens with zero attached hydrogens (tertiary/aromatic N) is 3. The van der Waals surface area contributed by atoms with Crippen LogP contribution in [-0.4, -0.2) is 67.8 Å². The monoisotopic (exact) mass is 319 g/mol. The summed E-state index contributed by atoms with van der Waals surface area (Å²) in [5, 5.41) is 6.70. The minimum Gasteiger partial charge on any atom is -0.379 e. The van der Waals surface area contributed by atoms with E-state index in [1.807, 2.05) is 12.3 Å². The molecule has 1 fully saturated rings. The quantitative estimate of drug-likeness (QED) is 0.578. The molecule has 0 aliphatic carbocycles. The molecule has 2 heterocycles. The average Bonchev–Trinajstić information content (AvgIpc) is 2.61. The number of ether oxygens (including phenoxy) is 1. The van der Waals surface area contributed by atoms with Crippen molar-refractivity contribution in [2.45, 2.75) is 26.3 Å². The van der Waals surface area contributed by atoms with Gasteiger partial charge >= 0.3 is 0 Å². The van der Waals surface area contributed by atoms with Gasteiger partial charge in [0.05, 0.1) is 19.8 Å². The zero-order valence-electron chi connectivity index (χ0n) is 14.3. The van der Waals surface area contributed by atoms with Crippen LogP contribution >= 0.6 is 0 Å². The molecule has 6 nitrogen and oxygen atoms in total. The zero-order chi connectivity index (χ0) is 16.3. The van der Waals surface area contributed by atoms with Crippen molar-refractivity contribution in [2.24, 2.45) is 4.99 Å². The lowest BCUT2D eigenvalue weighted by Gasteiger charge is -2.31. The molecule has 0 saturated carbocycles. The van der Waals surface area contributed by atoms with Crippen molar-refractivity contribution in [3.05, 3.63) is 30.1 Å². The molecule has 128 valence electrons. The van der Waals surface area contributed by atoms with E-state index in [-0.39, 0.29) is 0 Å². The largest absolute Gasteiger partial charge is 0.379 e. The van der Waals surface area contributed by atoms with Crippen LogP contribution < -0.4 is 10.6 Å². The fourth-order valence-electron chi connectivity index (χ4n) is 2.57. The van der Waals surface area contributed by atoms with Gasteiger partial charge in [-0.05, 0) is 31.9 Å².